The van der Waals surface area contributed by atoms with Crippen molar-refractivity contribution in [3.63, 3.8) is 0 Å². The van der Waals surface area contributed by atoms with E-state index in [0.29, 0.717) is 25.1 Å². The predicted molar refractivity (Wildman–Crippen MR) is 132 cm³/mol. The van der Waals surface area contributed by atoms with E-state index < -0.39 is 17.9 Å². The highest BCUT2D eigenvalue weighted by atomic mass is 16.3. The molecule has 7 nitrogen and oxygen atoms in total. The summed E-state index contributed by atoms with van der Waals surface area (Å²) in [7, 11) is 1.58. The lowest BCUT2D eigenvalue weighted by atomic mass is 9.70. The Kier molecular flexibility index (Phi) is 7.32. The highest BCUT2D eigenvalue weighted by molar-refractivity contribution is 6.02. The van der Waals surface area contributed by atoms with E-state index in [2.05, 4.69) is 10.6 Å². The minimum Gasteiger partial charge on any atom is -0.396 e. The monoisotopic (exact) mass is 463 g/mol. The highest BCUT2D eigenvalue weighted by Crippen LogP contribution is 2.44. The van der Waals surface area contributed by atoms with Gasteiger partial charge in [0.15, 0.2) is 0 Å². The third-order valence-electron chi connectivity index (χ3n) is 7.17. The van der Waals surface area contributed by atoms with Gasteiger partial charge in [0, 0.05) is 31.8 Å². The molecule has 34 heavy (non-hydrogen) atoms. The maximum Gasteiger partial charge on any atom is 0.247 e. The van der Waals surface area contributed by atoms with Crippen LogP contribution >= 0.6 is 0 Å². The van der Waals surface area contributed by atoms with Gasteiger partial charge in [-0.25, -0.2) is 0 Å². The average molecular weight is 464 g/mol. The van der Waals surface area contributed by atoms with E-state index in [4.69, 9.17) is 5.11 Å². The molecule has 1 saturated heterocycles. The summed E-state index contributed by atoms with van der Waals surface area (Å²) in [6.45, 7) is 2.46. The maximum atomic E-state index is 13.6. The van der Waals surface area contributed by atoms with Gasteiger partial charge in [-0.1, -0.05) is 49.4 Å². The second-order valence-corrected chi connectivity index (χ2v) is 9.30. The van der Waals surface area contributed by atoms with Crippen molar-refractivity contribution in [2.45, 2.75) is 32.2 Å². The second-order valence-electron chi connectivity index (χ2n) is 9.30. The molecule has 1 aliphatic carbocycles. The highest BCUT2D eigenvalue weighted by Gasteiger charge is 2.56. The minimum atomic E-state index is -0.686. The first kappa shape index (κ1) is 24.0. The molecular weight excluding hydrogens is 430 g/mol. The fourth-order valence-electron chi connectivity index (χ4n) is 5.45. The molecule has 3 N–H and O–H groups in total. The molecule has 0 spiro atoms. The normalized spacial score (nSPS) is 25.9. The fraction of sp³-hybridized carbons (Fsp3) is 0.444. The molecule has 0 unspecified atom stereocenters. The maximum absolute atomic E-state index is 13.6. The minimum absolute atomic E-state index is 0.0938. The summed E-state index contributed by atoms with van der Waals surface area (Å²) in [5, 5.41) is 16.9. The Morgan fingerprint density at radius 1 is 1.00 bits per heavy atom. The molecular formula is C27H33N3O4. The van der Waals surface area contributed by atoms with Gasteiger partial charge >= 0.3 is 0 Å². The van der Waals surface area contributed by atoms with Crippen molar-refractivity contribution in [2.75, 3.05) is 25.5 Å². The third-order valence-corrected chi connectivity index (χ3v) is 7.17. The van der Waals surface area contributed by atoms with Crippen LogP contribution in [0.2, 0.25) is 0 Å². The lowest BCUT2D eigenvalue weighted by Crippen LogP contribution is -2.45. The zero-order valence-electron chi connectivity index (χ0n) is 19.7. The molecule has 1 fully saturated rings. The number of aliphatic hydroxyl groups excluding tert-OH is 1. The molecule has 2 aromatic carbocycles. The first-order valence-electron chi connectivity index (χ1n) is 12.1. The number of benzene rings is 2. The van der Waals surface area contributed by atoms with E-state index in [1.165, 1.54) is 0 Å². The number of carbonyl (C=O) groups excluding carboxylic acids is 3. The van der Waals surface area contributed by atoms with Crippen molar-refractivity contribution in [3.8, 4) is 0 Å². The number of aliphatic hydroxyl groups is 1. The summed E-state index contributed by atoms with van der Waals surface area (Å²) >= 11 is 0. The number of hydrogen-bond acceptors (Lipinski definition) is 4. The Balaban J connectivity index is 1.63. The van der Waals surface area contributed by atoms with Crippen LogP contribution in [0.15, 0.2) is 54.6 Å². The van der Waals surface area contributed by atoms with Crippen LogP contribution in [0.3, 0.4) is 0 Å². The molecule has 0 bridgehead atoms. The van der Waals surface area contributed by atoms with Gasteiger partial charge in [0.1, 0.15) is 6.04 Å². The lowest BCUT2D eigenvalue weighted by Gasteiger charge is -2.32. The Bertz CT molecular complexity index is 1100. The van der Waals surface area contributed by atoms with Gasteiger partial charge in [-0.05, 0) is 48.1 Å². The van der Waals surface area contributed by atoms with Gasteiger partial charge in [0.25, 0.3) is 0 Å². The summed E-state index contributed by atoms with van der Waals surface area (Å²) < 4.78 is 0. The fourth-order valence-corrected chi connectivity index (χ4v) is 5.45. The number of amides is 3. The van der Waals surface area contributed by atoms with Crippen molar-refractivity contribution < 1.29 is 19.5 Å². The van der Waals surface area contributed by atoms with E-state index in [9.17, 15) is 14.4 Å². The van der Waals surface area contributed by atoms with Crippen LogP contribution < -0.4 is 10.6 Å². The molecule has 0 radical (unpaired) electrons. The molecule has 1 heterocycles. The van der Waals surface area contributed by atoms with E-state index in [1.807, 2.05) is 61.5 Å². The summed E-state index contributed by atoms with van der Waals surface area (Å²) in [6, 6.07) is 13.0. The van der Waals surface area contributed by atoms with E-state index in [-0.39, 0.29) is 36.2 Å². The molecule has 7 heteroatoms. The molecule has 2 aromatic rings. The van der Waals surface area contributed by atoms with Crippen molar-refractivity contribution in [1.82, 2.24) is 10.2 Å². The van der Waals surface area contributed by atoms with Gasteiger partial charge in [-0.15, -0.1) is 0 Å². The van der Waals surface area contributed by atoms with Crippen LogP contribution in [0.5, 0.6) is 0 Å². The molecule has 0 saturated carbocycles. The summed E-state index contributed by atoms with van der Waals surface area (Å²) in [5.74, 6) is -2.09. The van der Waals surface area contributed by atoms with Gasteiger partial charge in [-0.3, -0.25) is 14.4 Å². The number of allylic oxidation sites excluding steroid dienone is 1. The summed E-state index contributed by atoms with van der Waals surface area (Å²) in [6.07, 6.45) is 6.01. The molecule has 3 amide bonds. The van der Waals surface area contributed by atoms with Gasteiger partial charge in [0.05, 0.1) is 11.8 Å². The Morgan fingerprint density at radius 2 is 1.76 bits per heavy atom. The van der Waals surface area contributed by atoms with Crippen LogP contribution in [0.4, 0.5) is 5.69 Å². The molecule has 4 rings (SSSR count). The Hall–Kier alpha value is -3.19. The average Bonchev–Trinajstić information content (AvgIpc) is 3.12. The largest absolute Gasteiger partial charge is 0.396 e. The number of rotatable bonds is 8. The number of fused-ring (bicyclic) bond motifs is 2. The SMILES string of the molecule is CNC(=O)[C@H]1[C@@H]2C(=O)N(CCCCCO)[C@H](C(=O)Nc3ccc4ccccc4c3)[C@H]2C=C[C@H]1C. The van der Waals surface area contributed by atoms with Gasteiger partial charge in [0.2, 0.25) is 17.7 Å². The molecule has 1 aliphatic heterocycles. The van der Waals surface area contributed by atoms with Crippen LogP contribution in [0, 0.1) is 23.7 Å². The third kappa shape index (κ3) is 4.57. The van der Waals surface area contributed by atoms with Crippen molar-refractivity contribution in [1.29, 1.82) is 0 Å². The first-order valence-corrected chi connectivity index (χ1v) is 12.1. The Labute approximate surface area is 200 Å². The molecule has 2 aliphatic rings. The summed E-state index contributed by atoms with van der Waals surface area (Å²) in [5.41, 5.74) is 0.677. The van der Waals surface area contributed by atoms with E-state index in [0.717, 1.165) is 17.2 Å². The van der Waals surface area contributed by atoms with Crippen LogP contribution in [0.1, 0.15) is 26.2 Å². The van der Waals surface area contributed by atoms with Crippen molar-refractivity contribution >= 4 is 34.2 Å². The summed E-state index contributed by atoms with van der Waals surface area (Å²) in [4.78, 5) is 41.6. The van der Waals surface area contributed by atoms with Crippen molar-refractivity contribution in [3.05, 3.63) is 54.6 Å². The van der Waals surface area contributed by atoms with Gasteiger partial charge in [-0.2, -0.15) is 0 Å². The number of likely N-dealkylation sites (tertiary alicyclic amines) is 1. The second kappa shape index (κ2) is 10.4. The number of unbranched alkanes of at least 4 members (excludes halogenated alkanes) is 2. The predicted octanol–water partition coefficient (Wildman–Crippen LogP) is 2.95. The standard InChI is InChI=1S/C27H33N3O4/c1-17-10-13-21-23(22(17)25(32)28-2)27(34)30(14-6-3-7-15-31)24(21)26(33)29-20-12-11-18-8-4-5-9-19(18)16-20/h4-5,8-13,16-17,21-24,31H,3,6-7,14-15H2,1-2H3,(H,28,32)(H,29,33)/t17-,21+,22-,23-,24+/m1/s1. The molecule has 5 atom stereocenters. The van der Waals surface area contributed by atoms with Crippen LogP contribution in [0.25, 0.3) is 10.8 Å². The topological polar surface area (TPSA) is 98.7 Å². The Morgan fingerprint density at radius 3 is 2.50 bits per heavy atom. The van der Waals surface area contributed by atoms with E-state index >= 15 is 0 Å². The zero-order chi connectivity index (χ0) is 24.2. The number of nitrogens with one attached hydrogen (secondary N) is 2. The quantitative estimate of drug-likeness (QED) is 0.414. The number of anilines is 1. The van der Waals surface area contributed by atoms with Crippen LogP contribution in [-0.2, 0) is 14.4 Å². The molecule has 180 valence electrons. The molecule has 0 aromatic heterocycles. The van der Waals surface area contributed by atoms with Crippen molar-refractivity contribution in [2.24, 2.45) is 23.7 Å². The van der Waals surface area contributed by atoms with E-state index in [1.54, 1.807) is 11.9 Å². The van der Waals surface area contributed by atoms with Crippen LogP contribution in [-0.4, -0.2) is 54.0 Å². The first-order chi connectivity index (χ1) is 16.5. The number of carbonyl (C=O) groups is 3. The number of hydrogen-bond donors (Lipinski definition) is 3. The number of nitrogens with zero attached hydrogens (tertiary/aromatic N) is 1. The smallest absolute Gasteiger partial charge is 0.247 e. The lowest BCUT2D eigenvalue weighted by molar-refractivity contribution is -0.140. The zero-order valence-corrected chi connectivity index (χ0v) is 19.7. The van der Waals surface area contributed by atoms with Gasteiger partial charge < -0.3 is 20.6 Å².